The second-order valence-corrected chi connectivity index (χ2v) is 9.41. The largest absolute Gasteiger partial charge is 0.452 e. The summed E-state index contributed by atoms with van der Waals surface area (Å²) in [5, 5.41) is 0. The van der Waals surface area contributed by atoms with Crippen molar-refractivity contribution in [3.05, 3.63) is 64.7 Å². The fourth-order valence-corrected chi connectivity index (χ4v) is 5.11. The molecule has 0 aliphatic carbocycles. The van der Waals surface area contributed by atoms with E-state index in [9.17, 15) is 18.0 Å². The van der Waals surface area contributed by atoms with Crippen molar-refractivity contribution < 1.29 is 22.7 Å². The zero-order chi connectivity index (χ0) is 21.9. The molecule has 1 heterocycles. The number of hydrogen-bond donors (Lipinski definition) is 0. The summed E-state index contributed by atoms with van der Waals surface area (Å²) in [6.45, 7) is 6.11. The van der Waals surface area contributed by atoms with Gasteiger partial charge in [-0.2, -0.15) is 4.31 Å². The van der Waals surface area contributed by atoms with Crippen molar-refractivity contribution in [1.82, 2.24) is 9.21 Å². The van der Waals surface area contributed by atoms with Crippen molar-refractivity contribution >= 4 is 21.9 Å². The van der Waals surface area contributed by atoms with E-state index in [2.05, 4.69) is 0 Å². The summed E-state index contributed by atoms with van der Waals surface area (Å²) in [5.74, 6) is -0.886. The number of sulfonamides is 1. The number of nitrogens with zero attached hydrogens (tertiary/aromatic N) is 2. The average Bonchev–Trinajstić information content (AvgIpc) is 2.71. The molecule has 0 aromatic heterocycles. The van der Waals surface area contributed by atoms with Gasteiger partial charge in [-0.25, -0.2) is 13.2 Å². The van der Waals surface area contributed by atoms with E-state index >= 15 is 0 Å². The second kappa shape index (κ2) is 8.97. The van der Waals surface area contributed by atoms with E-state index < -0.39 is 16.0 Å². The number of aryl methyl sites for hydroxylation is 3. The molecule has 1 fully saturated rings. The monoisotopic (exact) mass is 430 g/mol. The standard InChI is InChI=1S/C22H26N2O5S/c1-16-5-4-6-19(14-16)22(26)29-15-21(25)23-9-11-24(12-10-23)30(27,28)20-8-7-17(2)13-18(20)3/h4-8,13-14H,9-12,15H2,1-3H3. The predicted octanol–water partition coefficient (Wildman–Crippen LogP) is 2.30. The number of carbonyl (C=O) groups is 2. The average molecular weight is 431 g/mol. The number of benzene rings is 2. The maximum absolute atomic E-state index is 12.9. The highest BCUT2D eigenvalue weighted by Gasteiger charge is 2.31. The molecule has 2 aromatic rings. The van der Waals surface area contributed by atoms with Gasteiger partial charge in [0, 0.05) is 26.2 Å². The Kier molecular flexibility index (Phi) is 6.58. The molecule has 0 bridgehead atoms. The minimum atomic E-state index is -3.61. The number of hydrogen-bond acceptors (Lipinski definition) is 5. The first-order chi connectivity index (χ1) is 14.2. The maximum atomic E-state index is 12.9. The fraction of sp³-hybridized carbons (Fsp3) is 0.364. The Morgan fingerprint density at radius 1 is 0.933 bits per heavy atom. The van der Waals surface area contributed by atoms with Crippen molar-refractivity contribution in [3.63, 3.8) is 0 Å². The third-order valence-electron chi connectivity index (χ3n) is 5.12. The number of piperazine rings is 1. The molecule has 0 unspecified atom stereocenters. The molecule has 1 amide bonds. The molecule has 0 radical (unpaired) electrons. The van der Waals surface area contributed by atoms with E-state index in [1.807, 2.05) is 26.0 Å². The van der Waals surface area contributed by atoms with E-state index in [1.54, 1.807) is 37.3 Å². The normalized spacial score (nSPS) is 15.1. The first kappa shape index (κ1) is 22.0. The first-order valence-corrected chi connectivity index (χ1v) is 11.2. The van der Waals surface area contributed by atoms with Gasteiger partial charge in [-0.15, -0.1) is 0 Å². The van der Waals surface area contributed by atoms with E-state index in [-0.39, 0.29) is 38.7 Å². The van der Waals surface area contributed by atoms with Gasteiger partial charge in [0.2, 0.25) is 10.0 Å². The minimum Gasteiger partial charge on any atom is -0.452 e. The maximum Gasteiger partial charge on any atom is 0.338 e. The summed E-state index contributed by atoms with van der Waals surface area (Å²) in [5.41, 5.74) is 3.03. The Bertz CT molecular complexity index is 1060. The molecule has 3 rings (SSSR count). The van der Waals surface area contributed by atoms with Gasteiger partial charge in [-0.05, 0) is 44.5 Å². The second-order valence-electron chi connectivity index (χ2n) is 7.50. The third kappa shape index (κ3) is 4.88. The first-order valence-electron chi connectivity index (χ1n) is 9.77. The molecule has 2 aromatic carbocycles. The lowest BCUT2D eigenvalue weighted by Crippen LogP contribution is -2.51. The molecular weight excluding hydrogens is 404 g/mol. The molecule has 7 nitrogen and oxygen atoms in total. The quantitative estimate of drug-likeness (QED) is 0.680. The van der Waals surface area contributed by atoms with Crippen molar-refractivity contribution in [1.29, 1.82) is 0 Å². The van der Waals surface area contributed by atoms with Crippen LogP contribution in [-0.4, -0.2) is 62.3 Å². The van der Waals surface area contributed by atoms with Crippen LogP contribution in [0.5, 0.6) is 0 Å². The molecule has 0 atom stereocenters. The summed E-state index contributed by atoms with van der Waals surface area (Å²) >= 11 is 0. The van der Waals surface area contributed by atoms with Gasteiger partial charge in [0.1, 0.15) is 0 Å². The highest BCUT2D eigenvalue weighted by atomic mass is 32.2. The van der Waals surface area contributed by atoms with Crippen LogP contribution in [0.15, 0.2) is 47.4 Å². The highest BCUT2D eigenvalue weighted by molar-refractivity contribution is 7.89. The molecule has 0 N–H and O–H groups in total. The Morgan fingerprint density at radius 3 is 2.23 bits per heavy atom. The van der Waals surface area contributed by atoms with Crippen LogP contribution in [0.3, 0.4) is 0 Å². The summed E-state index contributed by atoms with van der Waals surface area (Å²) < 4.78 is 32.4. The fourth-order valence-electron chi connectivity index (χ4n) is 3.48. The topological polar surface area (TPSA) is 84.0 Å². The van der Waals surface area contributed by atoms with Crippen molar-refractivity contribution in [2.24, 2.45) is 0 Å². The Balaban J connectivity index is 1.55. The molecule has 160 valence electrons. The van der Waals surface area contributed by atoms with Crippen LogP contribution in [0.25, 0.3) is 0 Å². The van der Waals surface area contributed by atoms with Gasteiger partial charge in [0.25, 0.3) is 5.91 Å². The number of carbonyl (C=O) groups excluding carboxylic acids is 2. The Labute approximate surface area is 177 Å². The van der Waals surface area contributed by atoms with E-state index in [1.165, 1.54) is 9.21 Å². The van der Waals surface area contributed by atoms with Gasteiger partial charge in [-0.3, -0.25) is 4.79 Å². The number of rotatable bonds is 5. The summed E-state index contributed by atoms with van der Waals surface area (Å²) in [7, 11) is -3.61. The molecule has 0 saturated carbocycles. The van der Waals surface area contributed by atoms with Crippen LogP contribution in [0.1, 0.15) is 27.0 Å². The summed E-state index contributed by atoms with van der Waals surface area (Å²) in [6, 6.07) is 12.2. The van der Waals surface area contributed by atoms with Crippen LogP contribution >= 0.6 is 0 Å². The molecule has 1 aliphatic rings. The zero-order valence-corrected chi connectivity index (χ0v) is 18.2. The molecule has 30 heavy (non-hydrogen) atoms. The van der Waals surface area contributed by atoms with Crippen molar-refractivity contribution in [3.8, 4) is 0 Å². The predicted molar refractivity (Wildman–Crippen MR) is 113 cm³/mol. The number of amides is 1. The van der Waals surface area contributed by atoms with Gasteiger partial charge < -0.3 is 9.64 Å². The summed E-state index contributed by atoms with van der Waals surface area (Å²) in [6.07, 6.45) is 0. The zero-order valence-electron chi connectivity index (χ0n) is 17.4. The van der Waals surface area contributed by atoms with Crippen molar-refractivity contribution in [2.75, 3.05) is 32.8 Å². The van der Waals surface area contributed by atoms with Gasteiger partial charge in [-0.1, -0.05) is 35.4 Å². The third-order valence-corrected chi connectivity index (χ3v) is 7.18. The SMILES string of the molecule is Cc1cccc(C(=O)OCC(=O)N2CCN(S(=O)(=O)c3ccc(C)cc3C)CC2)c1. The van der Waals surface area contributed by atoms with Crippen LogP contribution in [0.4, 0.5) is 0 Å². The lowest BCUT2D eigenvalue weighted by atomic mass is 10.1. The van der Waals surface area contributed by atoms with Gasteiger partial charge in [0.15, 0.2) is 6.61 Å². The number of esters is 1. The van der Waals surface area contributed by atoms with Crippen LogP contribution in [0.2, 0.25) is 0 Å². The summed E-state index contributed by atoms with van der Waals surface area (Å²) in [4.78, 5) is 26.3. The lowest BCUT2D eigenvalue weighted by molar-refractivity contribution is -0.135. The van der Waals surface area contributed by atoms with Gasteiger partial charge in [0.05, 0.1) is 10.5 Å². The number of ether oxygens (including phenoxy) is 1. The highest BCUT2D eigenvalue weighted by Crippen LogP contribution is 2.22. The van der Waals surface area contributed by atoms with Crippen LogP contribution < -0.4 is 0 Å². The van der Waals surface area contributed by atoms with Crippen molar-refractivity contribution in [2.45, 2.75) is 25.7 Å². The smallest absolute Gasteiger partial charge is 0.338 e. The van der Waals surface area contributed by atoms with Crippen LogP contribution in [0, 0.1) is 20.8 Å². The molecule has 0 spiro atoms. The lowest BCUT2D eigenvalue weighted by Gasteiger charge is -2.34. The van der Waals surface area contributed by atoms with Gasteiger partial charge >= 0.3 is 5.97 Å². The van der Waals surface area contributed by atoms with E-state index in [0.717, 1.165) is 11.1 Å². The Morgan fingerprint density at radius 2 is 1.60 bits per heavy atom. The minimum absolute atomic E-state index is 0.202. The molecular formula is C22H26N2O5S. The molecule has 8 heteroatoms. The molecule has 1 aliphatic heterocycles. The van der Waals surface area contributed by atoms with Crippen LogP contribution in [-0.2, 0) is 19.6 Å². The Hall–Kier alpha value is -2.71. The van der Waals surface area contributed by atoms with E-state index in [4.69, 9.17) is 4.74 Å². The molecule has 1 saturated heterocycles. The van der Waals surface area contributed by atoms with E-state index in [0.29, 0.717) is 16.0 Å².